The van der Waals surface area contributed by atoms with E-state index in [0.29, 0.717) is 0 Å². The summed E-state index contributed by atoms with van der Waals surface area (Å²) in [4.78, 5) is 13.7. The molecule has 19 heavy (non-hydrogen) atoms. The van der Waals surface area contributed by atoms with E-state index in [2.05, 4.69) is 34.9 Å². The molecule has 0 spiro atoms. The summed E-state index contributed by atoms with van der Waals surface area (Å²) in [7, 11) is 0. The minimum absolute atomic E-state index is 0.197. The van der Waals surface area contributed by atoms with Crippen molar-refractivity contribution in [1.29, 1.82) is 0 Å². The summed E-state index contributed by atoms with van der Waals surface area (Å²) in [6, 6.07) is 8.65. The van der Waals surface area contributed by atoms with Gasteiger partial charge in [0.05, 0.1) is 6.04 Å². The Balaban J connectivity index is 1.68. The molecule has 1 aromatic rings. The van der Waals surface area contributed by atoms with E-state index in [0.717, 1.165) is 38.1 Å². The third-order valence-corrected chi connectivity index (χ3v) is 5.11. The first-order valence-electron chi connectivity index (χ1n) is 7.07. The Kier molecular flexibility index (Phi) is 4.09. The van der Waals surface area contributed by atoms with E-state index in [9.17, 15) is 4.79 Å². The molecule has 1 amide bonds. The molecular formula is C15H20N2OS. The number of amides is 1. The molecule has 1 atom stereocenters. The van der Waals surface area contributed by atoms with Gasteiger partial charge >= 0.3 is 0 Å². The molecule has 4 heteroatoms. The van der Waals surface area contributed by atoms with Gasteiger partial charge in [-0.15, -0.1) is 11.8 Å². The van der Waals surface area contributed by atoms with Crippen molar-refractivity contribution >= 4 is 17.7 Å². The van der Waals surface area contributed by atoms with Crippen LogP contribution in [0.1, 0.15) is 30.9 Å². The summed E-state index contributed by atoms with van der Waals surface area (Å²) in [5.74, 6) is 1.53. The fourth-order valence-corrected chi connectivity index (χ4v) is 3.99. The van der Waals surface area contributed by atoms with Gasteiger partial charge in [-0.3, -0.25) is 4.79 Å². The van der Waals surface area contributed by atoms with Crippen LogP contribution in [0.25, 0.3) is 0 Å². The molecule has 0 bridgehead atoms. The highest BCUT2D eigenvalue weighted by molar-refractivity contribution is 7.99. The number of carbonyl (C=O) groups excluding carboxylic acids is 1. The minimum Gasteiger partial charge on any atom is -0.349 e. The van der Waals surface area contributed by atoms with Crippen LogP contribution >= 0.6 is 11.8 Å². The highest BCUT2D eigenvalue weighted by Crippen LogP contribution is 2.36. The van der Waals surface area contributed by atoms with Crippen molar-refractivity contribution in [1.82, 2.24) is 10.6 Å². The summed E-state index contributed by atoms with van der Waals surface area (Å²) >= 11 is 1.89. The van der Waals surface area contributed by atoms with E-state index < -0.39 is 0 Å². The van der Waals surface area contributed by atoms with Crippen LogP contribution in [-0.4, -0.2) is 24.7 Å². The second-order valence-electron chi connectivity index (χ2n) is 5.26. The number of hydrogen-bond acceptors (Lipinski definition) is 3. The quantitative estimate of drug-likeness (QED) is 0.871. The molecule has 0 radical (unpaired) electrons. The Bertz CT molecular complexity index is 457. The third kappa shape index (κ3) is 2.95. The molecule has 1 fully saturated rings. The van der Waals surface area contributed by atoms with Gasteiger partial charge in [0.25, 0.3) is 0 Å². The van der Waals surface area contributed by atoms with Gasteiger partial charge in [0.15, 0.2) is 0 Å². The van der Waals surface area contributed by atoms with Gasteiger partial charge in [0, 0.05) is 16.6 Å². The monoisotopic (exact) mass is 276 g/mol. The summed E-state index contributed by atoms with van der Waals surface area (Å²) in [6.45, 7) is 1.93. The lowest BCUT2D eigenvalue weighted by Gasteiger charge is -2.29. The van der Waals surface area contributed by atoms with Crippen LogP contribution in [-0.2, 0) is 4.79 Å². The molecule has 1 unspecified atom stereocenters. The van der Waals surface area contributed by atoms with Crippen LogP contribution in [0.3, 0.4) is 0 Å². The lowest BCUT2D eigenvalue weighted by Crippen LogP contribution is -2.40. The molecule has 0 aromatic heterocycles. The van der Waals surface area contributed by atoms with E-state index in [1.807, 2.05) is 11.8 Å². The number of nitrogens with one attached hydrogen (secondary N) is 2. The van der Waals surface area contributed by atoms with Crippen molar-refractivity contribution in [3.8, 4) is 0 Å². The van der Waals surface area contributed by atoms with Gasteiger partial charge in [0.1, 0.15) is 0 Å². The summed E-state index contributed by atoms with van der Waals surface area (Å²) in [5, 5.41) is 6.57. The average Bonchev–Trinajstić information content (AvgIpc) is 2.48. The lowest BCUT2D eigenvalue weighted by atomic mass is 9.95. The minimum atomic E-state index is 0.197. The van der Waals surface area contributed by atoms with Crippen molar-refractivity contribution in [2.24, 2.45) is 5.92 Å². The summed E-state index contributed by atoms with van der Waals surface area (Å²) < 4.78 is 0. The van der Waals surface area contributed by atoms with Crippen molar-refractivity contribution < 1.29 is 4.79 Å². The predicted molar refractivity (Wildman–Crippen MR) is 78.3 cm³/mol. The summed E-state index contributed by atoms with van der Waals surface area (Å²) in [5.41, 5.74) is 1.29. The molecule has 2 heterocycles. The first-order chi connectivity index (χ1) is 9.34. The third-order valence-electron chi connectivity index (χ3n) is 3.98. The molecule has 3 rings (SSSR count). The van der Waals surface area contributed by atoms with Crippen molar-refractivity contribution in [2.45, 2.75) is 30.2 Å². The maximum Gasteiger partial charge on any atom is 0.223 e. The Morgan fingerprint density at radius 1 is 1.21 bits per heavy atom. The fourth-order valence-electron chi connectivity index (χ4n) is 2.87. The first-order valence-corrected chi connectivity index (χ1v) is 8.06. The molecule has 102 valence electrons. The van der Waals surface area contributed by atoms with Crippen molar-refractivity contribution in [3.05, 3.63) is 29.8 Å². The number of benzene rings is 1. The number of rotatable bonds is 2. The molecule has 2 aliphatic rings. The van der Waals surface area contributed by atoms with Gasteiger partial charge < -0.3 is 10.6 Å². The first kappa shape index (κ1) is 13.0. The van der Waals surface area contributed by atoms with Crippen LogP contribution in [0.2, 0.25) is 0 Å². The second kappa shape index (κ2) is 5.97. The molecular weight excluding hydrogens is 256 g/mol. The number of carbonyl (C=O) groups is 1. The van der Waals surface area contributed by atoms with E-state index >= 15 is 0 Å². The number of hydrogen-bond donors (Lipinski definition) is 2. The standard InChI is InChI=1S/C15H20N2OS/c18-15(11-5-8-16-9-6-11)17-13-7-10-19-14-4-2-1-3-12(13)14/h1-4,11,13,16H,5-10H2,(H,17,18). The zero-order chi connectivity index (χ0) is 13.1. The second-order valence-corrected chi connectivity index (χ2v) is 6.40. The van der Waals surface area contributed by atoms with Crippen molar-refractivity contribution in [2.75, 3.05) is 18.8 Å². The van der Waals surface area contributed by atoms with Gasteiger partial charge in [0.2, 0.25) is 5.91 Å². The van der Waals surface area contributed by atoms with Gasteiger partial charge in [-0.25, -0.2) is 0 Å². The van der Waals surface area contributed by atoms with Gasteiger partial charge in [-0.1, -0.05) is 18.2 Å². The molecule has 2 N–H and O–H groups in total. The molecule has 0 saturated carbocycles. The largest absolute Gasteiger partial charge is 0.349 e. The van der Waals surface area contributed by atoms with Crippen molar-refractivity contribution in [3.63, 3.8) is 0 Å². The van der Waals surface area contributed by atoms with E-state index in [4.69, 9.17) is 0 Å². The number of thioether (sulfide) groups is 1. The molecule has 3 nitrogen and oxygen atoms in total. The lowest BCUT2D eigenvalue weighted by molar-refractivity contribution is -0.126. The molecule has 2 aliphatic heterocycles. The van der Waals surface area contributed by atoms with E-state index in [1.165, 1.54) is 10.5 Å². The van der Waals surface area contributed by atoms with Crippen LogP contribution in [0.5, 0.6) is 0 Å². The Morgan fingerprint density at radius 2 is 2.00 bits per heavy atom. The Hall–Kier alpha value is -1.00. The zero-order valence-electron chi connectivity index (χ0n) is 11.0. The molecule has 0 aliphatic carbocycles. The molecule has 1 saturated heterocycles. The van der Waals surface area contributed by atoms with E-state index in [-0.39, 0.29) is 17.9 Å². The maximum absolute atomic E-state index is 12.3. The predicted octanol–water partition coefficient (Wildman–Crippen LogP) is 2.34. The zero-order valence-corrected chi connectivity index (χ0v) is 11.8. The van der Waals surface area contributed by atoms with E-state index in [1.54, 1.807) is 0 Å². The topological polar surface area (TPSA) is 41.1 Å². The normalized spacial score (nSPS) is 23.7. The molecule has 1 aromatic carbocycles. The smallest absolute Gasteiger partial charge is 0.223 e. The van der Waals surface area contributed by atoms with Crippen LogP contribution < -0.4 is 10.6 Å². The summed E-state index contributed by atoms with van der Waals surface area (Å²) in [6.07, 6.45) is 2.97. The van der Waals surface area contributed by atoms with Gasteiger partial charge in [-0.05, 0) is 44.0 Å². The fraction of sp³-hybridized carbons (Fsp3) is 0.533. The Morgan fingerprint density at radius 3 is 2.84 bits per heavy atom. The number of fused-ring (bicyclic) bond motifs is 1. The van der Waals surface area contributed by atoms with Crippen LogP contribution in [0.4, 0.5) is 0 Å². The maximum atomic E-state index is 12.3. The highest BCUT2D eigenvalue weighted by Gasteiger charge is 2.26. The SMILES string of the molecule is O=C(NC1CCSc2ccccc21)C1CCNCC1. The Labute approximate surface area is 118 Å². The van der Waals surface area contributed by atoms with Gasteiger partial charge in [-0.2, -0.15) is 0 Å². The van der Waals surface area contributed by atoms with Crippen LogP contribution in [0, 0.1) is 5.92 Å². The highest BCUT2D eigenvalue weighted by atomic mass is 32.2. The van der Waals surface area contributed by atoms with Crippen LogP contribution in [0.15, 0.2) is 29.2 Å². The number of piperidine rings is 1. The average molecular weight is 276 g/mol.